The summed E-state index contributed by atoms with van der Waals surface area (Å²) in [5, 5.41) is 11.1. The van der Waals surface area contributed by atoms with Gasteiger partial charge in [-0.1, -0.05) is 43.8 Å². The number of hydrogen-bond acceptors (Lipinski definition) is 5. The number of carbonyl (C=O) groups is 1. The second kappa shape index (κ2) is 8.81. The summed E-state index contributed by atoms with van der Waals surface area (Å²) in [7, 11) is 0. The second-order valence-corrected chi connectivity index (χ2v) is 7.04. The molecule has 0 spiro atoms. The van der Waals surface area contributed by atoms with E-state index in [1.807, 2.05) is 24.3 Å². The monoisotopic (exact) mass is 385 g/mol. The standard InChI is InChI=1S/C20H20FN3O2S/c1-3-13(2)16-6-4-5-7-17(16)22-18(25)12-27-20-24-23-19(26-20)14-8-10-15(21)11-9-14/h4-11,13H,3,12H2,1-2H3,(H,22,25)/t13-/m1/s1. The smallest absolute Gasteiger partial charge is 0.277 e. The van der Waals surface area contributed by atoms with Crippen molar-refractivity contribution in [2.75, 3.05) is 11.1 Å². The van der Waals surface area contributed by atoms with Crippen molar-refractivity contribution in [1.29, 1.82) is 0 Å². The summed E-state index contributed by atoms with van der Waals surface area (Å²) < 4.78 is 18.5. The van der Waals surface area contributed by atoms with E-state index >= 15 is 0 Å². The second-order valence-electron chi connectivity index (χ2n) is 6.11. The summed E-state index contributed by atoms with van der Waals surface area (Å²) in [4.78, 5) is 12.3. The Labute approximate surface area is 161 Å². The number of thioether (sulfide) groups is 1. The molecule has 1 heterocycles. The van der Waals surface area contributed by atoms with Gasteiger partial charge in [0.2, 0.25) is 11.8 Å². The number of amides is 1. The van der Waals surface area contributed by atoms with Crippen LogP contribution < -0.4 is 5.32 Å². The van der Waals surface area contributed by atoms with Crippen LogP contribution in [0.2, 0.25) is 0 Å². The van der Waals surface area contributed by atoms with E-state index < -0.39 is 0 Å². The highest BCUT2D eigenvalue weighted by Crippen LogP contribution is 2.27. The maximum atomic E-state index is 13.0. The molecule has 140 valence electrons. The molecule has 0 aliphatic heterocycles. The number of hydrogen-bond donors (Lipinski definition) is 1. The first-order chi connectivity index (χ1) is 13.1. The third-order valence-corrected chi connectivity index (χ3v) is 5.02. The summed E-state index contributed by atoms with van der Waals surface area (Å²) in [5.41, 5.74) is 2.58. The molecule has 1 N–H and O–H groups in total. The molecule has 0 saturated heterocycles. The van der Waals surface area contributed by atoms with Crippen LogP contribution >= 0.6 is 11.8 Å². The number of carbonyl (C=O) groups excluding carboxylic acids is 1. The molecular weight excluding hydrogens is 365 g/mol. The molecule has 0 aliphatic carbocycles. The summed E-state index contributed by atoms with van der Waals surface area (Å²) in [6.45, 7) is 4.25. The van der Waals surface area contributed by atoms with E-state index in [2.05, 4.69) is 29.4 Å². The van der Waals surface area contributed by atoms with E-state index in [-0.39, 0.29) is 17.5 Å². The minimum Gasteiger partial charge on any atom is -0.411 e. The molecule has 0 saturated carbocycles. The molecule has 1 aromatic heterocycles. The average Bonchev–Trinajstić information content (AvgIpc) is 3.16. The van der Waals surface area contributed by atoms with Gasteiger partial charge in [0, 0.05) is 11.3 Å². The maximum absolute atomic E-state index is 13.0. The third kappa shape index (κ3) is 4.95. The zero-order chi connectivity index (χ0) is 19.2. The Bertz CT molecular complexity index is 912. The molecule has 0 unspecified atom stereocenters. The topological polar surface area (TPSA) is 68.0 Å². The Hall–Kier alpha value is -2.67. The lowest BCUT2D eigenvalue weighted by atomic mass is 9.97. The van der Waals surface area contributed by atoms with E-state index in [0.29, 0.717) is 22.6 Å². The predicted octanol–water partition coefficient (Wildman–Crippen LogP) is 5.12. The van der Waals surface area contributed by atoms with E-state index in [4.69, 9.17) is 4.42 Å². The van der Waals surface area contributed by atoms with Crippen LogP contribution in [0.1, 0.15) is 31.7 Å². The van der Waals surface area contributed by atoms with Crippen LogP contribution in [0.3, 0.4) is 0 Å². The van der Waals surface area contributed by atoms with Crippen LogP contribution in [-0.4, -0.2) is 21.9 Å². The highest BCUT2D eigenvalue weighted by molar-refractivity contribution is 7.99. The van der Waals surface area contributed by atoms with Gasteiger partial charge in [-0.2, -0.15) is 0 Å². The van der Waals surface area contributed by atoms with Gasteiger partial charge in [0.1, 0.15) is 5.82 Å². The van der Waals surface area contributed by atoms with Crippen molar-refractivity contribution in [3.63, 3.8) is 0 Å². The van der Waals surface area contributed by atoms with Gasteiger partial charge in [-0.3, -0.25) is 4.79 Å². The number of nitrogens with zero attached hydrogens (tertiary/aromatic N) is 2. The first-order valence-corrected chi connectivity index (χ1v) is 9.66. The Morgan fingerprint density at radius 1 is 1.19 bits per heavy atom. The summed E-state index contributed by atoms with van der Waals surface area (Å²) in [5.74, 6) is 0.336. The van der Waals surface area contributed by atoms with Crippen LogP contribution in [0, 0.1) is 5.82 Å². The van der Waals surface area contributed by atoms with Gasteiger partial charge in [-0.15, -0.1) is 10.2 Å². The fourth-order valence-electron chi connectivity index (χ4n) is 2.55. The van der Waals surface area contributed by atoms with Crippen LogP contribution in [0.15, 0.2) is 58.2 Å². The van der Waals surface area contributed by atoms with E-state index in [1.165, 1.54) is 12.1 Å². The van der Waals surface area contributed by atoms with Gasteiger partial charge in [0.05, 0.1) is 5.75 Å². The number of nitrogens with one attached hydrogen (secondary N) is 1. The zero-order valence-corrected chi connectivity index (χ0v) is 15.9. The van der Waals surface area contributed by atoms with Gasteiger partial charge in [0.15, 0.2) is 0 Å². The van der Waals surface area contributed by atoms with Crippen molar-refractivity contribution in [1.82, 2.24) is 10.2 Å². The Morgan fingerprint density at radius 2 is 1.93 bits per heavy atom. The molecule has 2 aromatic carbocycles. The van der Waals surface area contributed by atoms with Crippen LogP contribution in [-0.2, 0) is 4.79 Å². The number of benzene rings is 2. The molecule has 3 rings (SSSR count). The first kappa shape index (κ1) is 19.1. The minimum atomic E-state index is -0.331. The van der Waals surface area contributed by atoms with E-state index in [9.17, 15) is 9.18 Å². The van der Waals surface area contributed by atoms with Gasteiger partial charge >= 0.3 is 0 Å². The quantitative estimate of drug-likeness (QED) is 0.572. The number of aromatic nitrogens is 2. The van der Waals surface area contributed by atoms with E-state index in [1.54, 1.807) is 12.1 Å². The number of anilines is 1. The van der Waals surface area contributed by atoms with Gasteiger partial charge in [-0.25, -0.2) is 4.39 Å². The molecule has 1 atom stereocenters. The molecule has 27 heavy (non-hydrogen) atoms. The molecule has 7 heteroatoms. The lowest BCUT2D eigenvalue weighted by molar-refractivity contribution is -0.113. The Kier molecular flexibility index (Phi) is 6.24. The SMILES string of the molecule is CC[C@@H](C)c1ccccc1NC(=O)CSc1nnc(-c2ccc(F)cc2)o1. The zero-order valence-electron chi connectivity index (χ0n) is 15.1. The van der Waals surface area contributed by atoms with Crippen LogP contribution in [0.5, 0.6) is 0 Å². The lowest BCUT2D eigenvalue weighted by Gasteiger charge is -2.15. The van der Waals surface area contributed by atoms with Crippen molar-refractivity contribution in [3.05, 3.63) is 59.9 Å². The van der Waals surface area contributed by atoms with E-state index in [0.717, 1.165) is 29.4 Å². The molecule has 0 bridgehead atoms. The molecule has 3 aromatic rings. The van der Waals surface area contributed by atoms with Crippen LogP contribution in [0.25, 0.3) is 11.5 Å². The molecule has 0 radical (unpaired) electrons. The highest BCUT2D eigenvalue weighted by atomic mass is 32.2. The highest BCUT2D eigenvalue weighted by Gasteiger charge is 2.14. The molecule has 5 nitrogen and oxygen atoms in total. The van der Waals surface area contributed by atoms with Crippen molar-refractivity contribution in [2.24, 2.45) is 0 Å². The van der Waals surface area contributed by atoms with Gasteiger partial charge < -0.3 is 9.73 Å². The number of halogens is 1. The average molecular weight is 385 g/mol. The van der Waals surface area contributed by atoms with Crippen molar-refractivity contribution < 1.29 is 13.6 Å². The summed E-state index contributed by atoms with van der Waals surface area (Å²) in [6, 6.07) is 13.6. The maximum Gasteiger partial charge on any atom is 0.277 e. The largest absolute Gasteiger partial charge is 0.411 e. The normalized spacial score (nSPS) is 12.0. The predicted molar refractivity (Wildman–Crippen MR) is 104 cm³/mol. The van der Waals surface area contributed by atoms with Gasteiger partial charge in [-0.05, 0) is 48.2 Å². The molecule has 1 amide bonds. The molecule has 0 fully saturated rings. The first-order valence-electron chi connectivity index (χ1n) is 8.68. The Morgan fingerprint density at radius 3 is 2.67 bits per heavy atom. The van der Waals surface area contributed by atoms with Crippen molar-refractivity contribution in [2.45, 2.75) is 31.4 Å². The molecular formula is C20H20FN3O2S. The van der Waals surface area contributed by atoms with Crippen LogP contribution in [0.4, 0.5) is 10.1 Å². The van der Waals surface area contributed by atoms with Crippen molar-refractivity contribution >= 4 is 23.4 Å². The molecule has 0 aliphatic rings. The number of rotatable bonds is 7. The minimum absolute atomic E-state index is 0.141. The van der Waals surface area contributed by atoms with Crippen molar-refractivity contribution in [3.8, 4) is 11.5 Å². The summed E-state index contributed by atoms with van der Waals surface area (Å²) >= 11 is 1.16. The summed E-state index contributed by atoms with van der Waals surface area (Å²) in [6.07, 6.45) is 0.996. The Balaban J connectivity index is 1.60. The third-order valence-electron chi connectivity index (χ3n) is 4.20. The fraction of sp³-hybridized carbons (Fsp3) is 0.250. The lowest BCUT2D eigenvalue weighted by Crippen LogP contribution is -2.15. The fourth-order valence-corrected chi connectivity index (χ4v) is 3.11. The van der Waals surface area contributed by atoms with Gasteiger partial charge in [0.25, 0.3) is 5.22 Å². The number of para-hydroxylation sites is 1.